The highest BCUT2D eigenvalue weighted by Gasteiger charge is 2.35. The Labute approximate surface area is 184 Å². The molecule has 1 aliphatic heterocycles. The number of benzene rings is 2. The van der Waals surface area contributed by atoms with Crippen LogP contribution in [0.4, 0.5) is 18.0 Å². The van der Waals surface area contributed by atoms with Crippen LogP contribution in [-0.4, -0.2) is 47.8 Å². The van der Waals surface area contributed by atoms with Gasteiger partial charge in [-0.15, -0.1) is 13.2 Å². The first-order valence-corrected chi connectivity index (χ1v) is 10.1. The first-order chi connectivity index (χ1) is 14.9. The number of ether oxygens (including phenoxy) is 3. The fraction of sp³-hybridized carbons (Fsp3) is 0.435. The van der Waals surface area contributed by atoms with E-state index in [0.717, 1.165) is 11.1 Å². The number of halogens is 3. The van der Waals surface area contributed by atoms with E-state index in [-0.39, 0.29) is 24.9 Å². The van der Waals surface area contributed by atoms with E-state index in [2.05, 4.69) is 4.74 Å². The normalized spacial score (nSPS) is 14.7. The van der Waals surface area contributed by atoms with Gasteiger partial charge in [0.1, 0.15) is 5.60 Å². The number of carbonyl (C=O) groups is 1. The minimum absolute atomic E-state index is 0.0336. The van der Waals surface area contributed by atoms with Crippen molar-refractivity contribution in [1.29, 1.82) is 0 Å². The van der Waals surface area contributed by atoms with Gasteiger partial charge in [-0.1, -0.05) is 30.3 Å². The quantitative estimate of drug-likeness (QED) is 0.668. The Hall–Kier alpha value is -2.94. The zero-order chi connectivity index (χ0) is 23.5. The molecule has 2 aromatic carbocycles. The smallest absolute Gasteiger partial charge is 0.489 e. The number of carbonyl (C=O) groups excluding carboxylic acids is 1. The second-order valence-electron chi connectivity index (χ2n) is 8.63. The molecule has 0 atom stereocenters. The number of aliphatic hydroxyl groups is 1. The van der Waals surface area contributed by atoms with E-state index in [9.17, 15) is 23.1 Å². The maximum Gasteiger partial charge on any atom is 0.573 e. The molecule has 1 fully saturated rings. The molecule has 3 rings (SSSR count). The monoisotopic (exact) mass is 453 g/mol. The molecule has 32 heavy (non-hydrogen) atoms. The predicted molar refractivity (Wildman–Crippen MR) is 111 cm³/mol. The highest BCUT2D eigenvalue weighted by Crippen LogP contribution is 2.36. The summed E-state index contributed by atoms with van der Waals surface area (Å²) in [6.07, 6.45) is -5.28. The van der Waals surface area contributed by atoms with Crippen LogP contribution < -0.4 is 9.47 Å². The Morgan fingerprint density at radius 3 is 2.22 bits per heavy atom. The second kappa shape index (κ2) is 9.28. The van der Waals surface area contributed by atoms with Gasteiger partial charge in [-0.3, -0.25) is 0 Å². The van der Waals surface area contributed by atoms with E-state index in [1.165, 1.54) is 23.1 Å². The van der Waals surface area contributed by atoms with Crippen molar-refractivity contribution < 1.29 is 37.3 Å². The van der Waals surface area contributed by atoms with Gasteiger partial charge in [0, 0.05) is 19.0 Å². The van der Waals surface area contributed by atoms with Crippen LogP contribution in [0.2, 0.25) is 0 Å². The molecule has 1 saturated heterocycles. The molecule has 0 unspecified atom stereocenters. The number of aliphatic hydroxyl groups excluding tert-OH is 1. The molecule has 0 radical (unpaired) electrons. The Kier molecular flexibility index (Phi) is 6.88. The first-order valence-electron chi connectivity index (χ1n) is 10.1. The van der Waals surface area contributed by atoms with Crippen LogP contribution in [0.25, 0.3) is 11.1 Å². The summed E-state index contributed by atoms with van der Waals surface area (Å²) in [7, 11) is 0. The number of amides is 1. The molecule has 1 amide bonds. The molecule has 0 aromatic heterocycles. The lowest BCUT2D eigenvalue weighted by molar-refractivity contribution is -0.275. The van der Waals surface area contributed by atoms with Crippen molar-refractivity contribution in [1.82, 2.24) is 4.90 Å². The van der Waals surface area contributed by atoms with Crippen LogP contribution in [0.3, 0.4) is 0 Å². The van der Waals surface area contributed by atoms with Gasteiger partial charge in [0.05, 0.1) is 13.2 Å². The molecule has 2 aromatic rings. The van der Waals surface area contributed by atoms with Crippen molar-refractivity contribution in [2.24, 2.45) is 5.92 Å². The lowest BCUT2D eigenvalue weighted by atomic mass is 10.0. The summed E-state index contributed by atoms with van der Waals surface area (Å²) in [4.78, 5) is 13.5. The summed E-state index contributed by atoms with van der Waals surface area (Å²) in [5.74, 6) is -0.507. The summed E-state index contributed by atoms with van der Waals surface area (Å²) >= 11 is 0. The average Bonchev–Trinajstić information content (AvgIpc) is 2.65. The summed E-state index contributed by atoms with van der Waals surface area (Å²) in [5, 5.41) is 9.17. The van der Waals surface area contributed by atoms with Crippen LogP contribution in [-0.2, 0) is 11.3 Å². The van der Waals surface area contributed by atoms with E-state index in [4.69, 9.17) is 9.47 Å². The zero-order valence-electron chi connectivity index (χ0n) is 18.1. The Bertz CT molecular complexity index is 932. The summed E-state index contributed by atoms with van der Waals surface area (Å²) in [6.45, 7) is 6.14. The third-order valence-electron chi connectivity index (χ3n) is 4.72. The maximum atomic E-state index is 12.8. The Balaban J connectivity index is 1.68. The number of nitrogens with zero attached hydrogens (tertiary/aromatic N) is 1. The van der Waals surface area contributed by atoms with E-state index in [1.54, 1.807) is 45.0 Å². The number of likely N-dealkylation sites (tertiary alicyclic amines) is 1. The minimum Gasteiger partial charge on any atom is -0.489 e. The fourth-order valence-electron chi connectivity index (χ4n) is 3.17. The molecule has 1 heterocycles. The summed E-state index contributed by atoms with van der Waals surface area (Å²) in [6, 6.07) is 11.2. The molecule has 1 N–H and O–H groups in total. The van der Waals surface area contributed by atoms with E-state index in [1.807, 2.05) is 0 Å². The SMILES string of the molecule is CC(C)(C)OC(=O)N1CC(COc2cc(-c3ccc(CO)cc3)ccc2OC(F)(F)F)C1. The van der Waals surface area contributed by atoms with Gasteiger partial charge >= 0.3 is 12.5 Å². The lowest BCUT2D eigenvalue weighted by Gasteiger charge is -2.39. The number of rotatable bonds is 6. The van der Waals surface area contributed by atoms with Crippen LogP contribution in [0, 0.1) is 5.92 Å². The van der Waals surface area contributed by atoms with Crippen molar-refractivity contribution in [3.05, 3.63) is 48.0 Å². The molecule has 174 valence electrons. The van der Waals surface area contributed by atoms with E-state index >= 15 is 0 Å². The third kappa shape index (κ3) is 6.53. The average molecular weight is 453 g/mol. The van der Waals surface area contributed by atoms with Crippen molar-refractivity contribution in [2.75, 3.05) is 19.7 Å². The Morgan fingerprint density at radius 1 is 1.03 bits per heavy atom. The van der Waals surface area contributed by atoms with E-state index in [0.29, 0.717) is 18.7 Å². The van der Waals surface area contributed by atoms with Gasteiger partial charge in [-0.05, 0) is 49.6 Å². The molecule has 9 heteroatoms. The van der Waals surface area contributed by atoms with Gasteiger partial charge < -0.3 is 24.2 Å². The second-order valence-corrected chi connectivity index (χ2v) is 8.63. The highest BCUT2D eigenvalue weighted by atomic mass is 19.4. The molecule has 0 aliphatic carbocycles. The summed E-state index contributed by atoms with van der Waals surface area (Å²) < 4.78 is 53.5. The Morgan fingerprint density at radius 2 is 1.66 bits per heavy atom. The van der Waals surface area contributed by atoms with Crippen molar-refractivity contribution in [2.45, 2.75) is 39.3 Å². The molecule has 0 spiro atoms. The van der Waals surface area contributed by atoms with Gasteiger partial charge in [0.15, 0.2) is 11.5 Å². The topological polar surface area (TPSA) is 68.2 Å². The standard InChI is InChI=1S/C23H26F3NO5/c1-22(2,3)32-21(29)27-11-16(12-27)14-30-20-10-18(8-9-19(20)31-23(24,25)26)17-6-4-15(13-28)5-7-17/h4-10,16,28H,11-14H2,1-3H3. The van der Waals surface area contributed by atoms with Gasteiger partial charge in [0.25, 0.3) is 0 Å². The molecule has 6 nitrogen and oxygen atoms in total. The van der Waals surface area contributed by atoms with Crippen LogP contribution >= 0.6 is 0 Å². The molecular formula is C23H26F3NO5. The fourth-order valence-corrected chi connectivity index (χ4v) is 3.17. The van der Waals surface area contributed by atoms with Crippen LogP contribution in [0.15, 0.2) is 42.5 Å². The highest BCUT2D eigenvalue weighted by molar-refractivity contribution is 5.69. The lowest BCUT2D eigenvalue weighted by Crippen LogP contribution is -2.53. The largest absolute Gasteiger partial charge is 0.573 e. The van der Waals surface area contributed by atoms with Crippen molar-refractivity contribution in [3.63, 3.8) is 0 Å². The number of hydrogen-bond donors (Lipinski definition) is 1. The minimum atomic E-state index is -4.85. The van der Waals surface area contributed by atoms with Gasteiger partial charge in [0.2, 0.25) is 0 Å². The molecule has 0 bridgehead atoms. The third-order valence-corrected chi connectivity index (χ3v) is 4.72. The molecule has 0 saturated carbocycles. The first kappa shape index (κ1) is 23.7. The van der Waals surface area contributed by atoms with E-state index < -0.39 is 23.8 Å². The van der Waals surface area contributed by atoms with Gasteiger partial charge in [-0.25, -0.2) is 4.79 Å². The predicted octanol–water partition coefficient (Wildman–Crippen LogP) is 4.99. The maximum absolute atomic E-state index is 12.8. The number of hydrogen-bond acceptors (Lipinski definition) is 5. The van der Waals surface area contributed by atoms with Crippen molar-refractivity contribution in [3.8, 4) is 22.6 Å². The van der Waals surface area contributed by atoms with Crippen LogP contribution in [0.5, 0.6) is 11.5 Å². The zero-order valence-corrected chi connectivity index (χ0v) is 18.1. The summed E-state index contributed by atoms with van der Waals surface area (Å²) in [5.41, 5.74) is 1.52. The van der Waals surface area contributed by atoms with Crippen molar-refractivity contribution >= 4 is 6.09 Å². The van der Waals surface area contributed by atoms with Gasteiger partial charge in [-0.2, -0.15) is 0 Å². The molecular weight excluding hydrogens is 427 g/mol. The molecule has 1 aliphatic rings. The number of alkyl halides is 3. The van der Waals surface area contributed by atoms with Crippen LogP contribution in [0.1, 0.15) is 26.3 Å².